The molecule has 40 heavy (non-hydrogen) atoms. The lowest BCUT2D eigenvalue weighted by Gasteiger charge is -2.37. The molecule has 1 saturated heterocycles. The first-order valence-corrected chi connectivity index (χ1v) is 13.6. The maximum Gasteiger partial charge on any atom is 0.337 e. The number of piperidine rings is 1. The third kappa shape index (κ3) is 10.5. The van der Waals surface area contributed by atoms with Crippen LogP contribution in [0, 0.1) is 11.7 Å². The molecular formula is C27H32ClF3N4O4S. The summed E-state index contributed by atoms with van der Waals surface area (Å²) in [7, 11) is 1.00. The van der Waals surface area contributed by atoms with Crippen molar-refractivity contribution < 1.29 is 32.6 Å². The van der Waals surface area contributed by atoms with E-state index in [0.29, 0.717) is 45.5 Å². The van der Waals surface area contributed by atoms with E-state index in [1.165, 1.54) is 23.5 Å². The fraction of sp³-hybridized carbons (Fsp3) is 0.407. The number of aromatic nitrogens is 1. The van der Waals surface area contributed by atoms with Gasteiger partial charge in [0.2, 0.25) is 0 Å². The SMILES string of the molecule is CCOC(=O)C1=C(CN2CC(/C=C(\C)C=O)CC(F)(F)C2)NC(c2nccs2)=NC1.CO.Fc1cccc(Cl)c1. The van der Waals surface area contributed by atoms with E-state index < -0.39 is 24.4 Å². The third-order valence-electron chi connectivity index (χ3n) is 5.55. The quantitative estimate of drug-likeness (QED) is 0.274. The van der Waals surface area contributed by atoms with Crippen LogP contribution in [-0.4, -0.2) is 78.9 Å². The number of aliphatic hydroxyl groups is 1. The fourth-order valence-electron chi connectivity index (χ4n) is 4.08. The summed E-state index contributed by atoms with van der Waals surface area (Å²) < 4.78 is 45.9. The minimum Gasteiger partial charge on any atom is -0.463 e. The molecule has 2 N–H and O–H groups in total. The predicted octanol–water partition coefficient (Wildman–Crippen LogP) is 4.50. The largest absolute Gasteiger partial charge is 0.463 e. The summed E-state index contributed by atoms with van der Waals surface area (Å²) in [6.45, 7) is 3.64. The van der Waals surface area contributed by atoms with Gasteiger partial charge in [0.05, 0.1) is 25.3 Å². The number of carbonyl (C=O) groups excluding carboxylic acids is 2. The van der Waals surface area contributed by atoms with Gasteiger partial charge in [0, 0.05) is 48.9 Å². The van der Waals surface area contributed by atoms with Gasteiger partial charge >= 0.3 is 5.97 Å². The highest BCUT2D eigenvalue weighted by Crippen LogP contribution is 2.32. The molecule has 0 bridgehead atoms. The fourth-order valence-corrected chi connectivity index (χ4v) is 4.85. The molecule has 0 amide bonds. The standard InChI is InChI=1S/C20H24F2N4O3S.C6H4ClF.CH4O/c1-3-29-19(28)15-8-24-17(18-23-4-5-30-18)25-16(15)10-26-9-14(6-13(2)11-27)7-20(21,22)12-26;7-5-2-1-3-6(8)4-5;1-2/h4-6,11,14H,3,7-10,12H2,1-2H3,(H,24,25);1-4H;2H,1H3/b13-6+;;. The average Bonchev–Trinajstić information content (AvgIpc) is 3.44. The zero-order chi connectivity index (χ0) is 29.7. The third-order valence-corrected chi connectivity index (χ3v) is 6.56. The van der Waals surface area contributed by atoms with Crippen LogP contribution in [0.2, 0.25) is 5.02 Å². The Bertz CT molecular complexity index is 1200. The Morgan fingerprint density at radius 1 is 1.38 bits per heavy atom. The molecule has 8 nitrogen and oxygen atoms in total. The van der Waals surface area contributed by atoms with Crippen molar-refractivity contribution in [1.29, 1.82) is 0 Å². The summed E-state index contributed by atoms with van der Waals surface area (Å²) in [6.07, 6.45) is 3.59. The molecule has 1 fully saturated rings. The molecule has 0 spiro atoms. The number of rotatable bonds is 7. The second-order valence-corrected chi connectivity index (χ2v) is 10.1. The van der Waals surface area contributed by atoms with Crippen LogP contribution in [-0.2, 0) is 14.3 Å². The van der Waals surface area contributed by atoms with Crippen LogP contribution < -0.4 is 5.32 Å². The lowest BCUT2D eigenvalue weighted by atomic mass is 9.93. The molecular weight excluding hydrogens is 569 g/mol. The van der Waals surface area contributed by atoms with Gasteiger partial charge in [-0.25, -0.2) is 22.9 Å². The molecule has 1 unspecified atom stereocenters. The molecule has 4 rings (SSSR count). The number of aliphatic imine (C=N–C) groups is 1. The van der Waals surface area contributed by atoms with Gasteiger partial charge in [-0.1, -0.05) is 23.7 Å². The number of aliphatic hydroxyl groups excluding tert-OH is 1. The number of allylic oxidation sites excluding steroid dienone is 1. The molecule has 218 valence electrons. The van der Waals surface area contributed by atoms with Crippen molar-refractivity contribution in [1.82, 2.24) is 15.2 Å². The number of hydrogen-bond donors (Lipinski definition) is 2. The monoisotopic (exact) mass is 600 g/mol. The van der Waals surface area contributed by atoms with Crippen LogP contribution in [0.1, 0.15) is 25.3 Å². The summed E-state index contributed by atoms with van der Waals surface area (Å²) in [5.74, 6) is -3.66. The highest BCUT2D eigenvalue weighted by molar-refractivity contribution is 7.11. The topological polar surface area (TPSA) is 104 Å². The molecule has 1 aromatic carbocycles. The highest BCUT2D eigenvalue weighted by atomic mass is 35.5. The zero-order valence-corrected chi connectivity index (χ0v) is 23.9. The van der Waals surface area contributed by atoms with Crippen molar-refractivity contribution in [3.05, 3.63) is 74.6 Å². The molecule has 2 aromatic rings. The molecule has 1 atom stereocenters. The van der Waals surface area contributed by atoms with Crippen molar-refractivity contribution in [3.8, 4) is 0 Å². The van der Waals surface area contributed by atoms with Gasteiger partial charge in [-0.3, -0.25) is 14.7 Å². The summed E-state index contributed by atoms with van der Waals surface area (Å²) in [5, 5.41) is 13.0. The maximum atomic E-state index is 14.4. The first-order chi connectivity index (χ1) is 19.1. The number of alkyl halides is 2. The summed E-state index contributed by atoms with van der Waals surface area (Å²) in [5.41, 5.74) is 1.24. The highest BCUT2D eigenvalue weighted by Gasteiger charge is 2.40. The van der Waals surface area contributed by atoms with Crippen LogP contribution in [0.25, 0.3) is 0 Å². The van der Waals surface area contributed by atoms with Gasteiger partial charge in [0.25, 0.3) is 5.92 Å². The molecule has 0 aliphatic carbocycles. The number of carbonyl (C=O) groups is 2. The molecule has 13 heteroatoms. The van der Waals surface area contributed by atoms with E-state index in [4.69, 9.17) is 21.4 Å². The normalized spacial score (nSPS) is 18.8. The van der Waals surface area contributed by atoms with Crippen LogP contribution in [0.4, 0.5) is 13.2 Å². The molecule has 3 heterocycles. The van der Waals surface area contributed by atoms with Crippen molar-refractivity contribution in [3.63, 3.8) is 0 Å². The van der Waals surface area contributed by atoms with Gasteiger partial charge in [-0.15, -0.1) is 11.3 Å². The van der Waals surface area contributed by atoms with Gasteiger partial charge in [0.1, 0.15) is 12.1 Å². The number of esters is 1. The number of halogens is 4. The van der Waals surface area contributed by atoms with Crippen LogP contribution >= 0.6 is 22.9 Å². The predicted molar refractivity (Wildman–Crippen MR) is 149 cm³/mol. The van der Waals surface area contributed by atoms with E-state index in [1.807, 2.05) is 0 Å². The first kappa shape index (κ1) is 33.1. The molecule has 2 aliphatic rings. The molecule has 0 radical (unpaired) electrons. The number of likely N-dealkylation sites (tertiary alicyclic amines) is 1. The van der Waals surface area contributed by atoms with Crippen molar-refractivity contribution in [2.45, 2.75) is 26.2 Å². The first-order valence-electron chi connectivity index (χ1n) is 12.3. The second-order valence-electron chi connectivity index (χ2n) is 8.76. The molecule has 2 aliphatic heterocycles. The minimum absolute atomic E-state index is 0.0912. The smallest absolute Gasteiger partial charge is 0.337 e. The van der Waals surface area contributed by atoms with Gasteiger partial charge in [-0.05, 0) is 43.5 Å². The van der Waals surface area contributed by atoms with Crippen LogP contribution in [0.5, 0.6) is 0 Å². The van der Waals surface area contributed by atoms with E-state index in [9.17, 15) is 22.8 Å². The number of thiazole rings is 1. The van der Waals surface area contributed by atoms with E-state index in [-0.39, 0.29) is 31.9 Å². The Morgan fingerprint density at radius 2 is 2.12 bits per heavy atom. The Balaban J connectivity index is 0.000000475. The Hall–Kier alpha value is -3.06. The Morgan fingerprint density at radius 3 is 2.70 bits per heavy atom. The number of hydrogen-bond acceptors (Lipinski definition) is 9. The van der Waals surface area contributed by atoms with Gasteiger partial charge < -0.3 is 15.2 Å². The van der Waals surface area contributed by atoms with E-state index in [1.54, 1.807) is 48.5 Å². The number of aldehydes is 1. The minimum atomic E-state index is -2.89. The molecule has 1 aromatic heterocycles. The number of amidine groups is 1. The molecule has 0 saturated carbocycles. The van der Waals surface area contributed by atoms with Gasteiger partial charge in [-0.2, -0.15) is 0 Å². The van der Waals surface area contributed by atoms with Crippen molar-refractivity contribution in [2.75, 3.05) is 39.9 Å². The number of nitrogens with one attached hydrogen (secondary N) is 1. The summed E-state index contributed by atoms with van der Waals surface area (Å²) in [4.78, 5) is 33.5. The average molecular weight is 601 g/mol. The van der Waals surface area contributed by atoms with Crippen molar-refractivity contribution >= 4 is 41.0 Å². The van der Waals surface area contributed by atoms with E-state index in [0.717, 1.165) is 7.11 Å². The van der Waals surface area contributed by atoms with Crippen molar-refractivity contribution in [2.24, 2.45) is 10.9 Å². The van der Waals surface area contributed by atoms with Crippen LogP contribution in [0.15, 0.2) is 63.8 Å². The van der Waals surface area contributed by atoms with E-state index in [2.05, 4.69) is 15.3 Å². The second kappa shape index (κ2) is 16.3. The maximum absolute atomic E-state index is 14.4. The van der Waals surface area contributed by atoms with E-state index >= 15 is 0 Å². The Labute approximate surface area is 240 Å². The summed E-state index contributed by atoms with van der Waals surface area (Å²) >= 11 is 6.79. The Kier molecular flexibility index (Phi) is 13.5. The zero-order valence-electron chi connectivity index (χ0n) is 22.4. The lowest BCUT2D eigenvalue weighted by molar-refractivity contribution is -0.138. The van der Waals surface area contributed by atoms with Gasteiger partial charge in [0.15, 0.2) is 10.8 Å². The summed E-state index contributed by atoms with van der Waals surface area (Å²) in [6, 6.07) is 5.82. The number of benzene rings is 1. The number of nitrogens with zero attached hydrogens (tertiary/aromatic N) is 3. The number of ether oxygens (including phenoxy) is 1. The van der Waals surface area contributed by atoms with Crippen LogP contribution in [0.3, 0.4) is 0 Å². The lowest BCUT2D eigenvalue weighted by Crippen LogP contribution is -2.49.